The molecule has 2 aromatic rings. The number of aromatic nitrogens is 1. The number of pyridine rings is 1. The molecule has 2 heterocycles. The molecular formula is C14H18N2S2. The van der Waals surface area contributed by atoms with Crippen molar-refractivity contribution in [3.8, 4) is 0 Å². The van der Waals surface area contributed by atoms with Crippen LogP contribution in [0.2, 0.25) is 0 Å². The molecule has 0 bridgehead atoms. The lowest BCUT2D eigenvalue weighted by Gasteiger charge is -2.12. The SMILES string of the molecule is Cc1cc(C)nc(SC(CN)c2ccc(C)s2)c1. The zero-order valence-corrected chi connectivity index (χ0v) is 12.6. The van der Waals surface area contributed by atoms with Crippen molar-refractivity contribution in [1.82, 2.24) is 4.98 Å². The van der Waals surface area contributed by atoms with E-state index in [0.717, 1.165) is 10.7 Å². The van der Waals surface area contributed by atoms with Gasteiger partial charge in [0.25, 0.3) is 0 Å². The molecule has 0 aliphatic rings. The highest BCUT2D eigenvalue weighted by Crippen LogP contribution is 2.37. The Morgan fingerprint density at radius 3 is 2.61 bits per heavy atom. The highest BCUT2D eigenvalue weighted by molar-refractivity contribution is 7.99. The third-order valence-corrected chi connectivity index (χ3v) is 5.07. The van der Waals surface area contributed by atoms with Gasteiger partial charge in [-0.2, -0.15) is 0 Å². The van der Waals surface area contributed by atoms with E-state index in [1.807, 2.05) is 18.3 Å². The van der Waals surface area contributed by atoms with Crippen molar-refractivity contribution >= 4 is 23.1 Å². The Kier molecular flexibility index (Phi) is 4.43. The summed E-state index contributed by atoms with van der Waals surface area (Å²) in [4.78, 5) is 7.23. The van der Waals surface area contributed by atoms with E-state index >= 15 is 0 Å². The first-order chi connectivity index (χ1) is 8.58. The lowest BCUT2D eigenvalue weighted by atomic mass is 10.3. The Bertz CT molecular complexity index is 514. The van der Waals surface area contributed by atoms with E-state index in [-0.39, 0.29) is 0 Å². The summed E-state index contributed by atoms with van der Waals surface area (Å²) in [5, 5.41) is 1.37. The third-order valence-electron chi connectivity index (χ3n) is 2.63. The standard InChI is InChI=1S/C14H18N2S2/c1-9-6-10(2)16-14(7-9)18-13(8-15)12-5-4-11(3)17-12/h4-7,13H,8,15H2,1-3H3. The molecule has 1 unspecified atom stereocenters. The molecule has 0 aliphatic carbocycles. The first kappa shape index (κ1) is 13.6. The van der Waals surface area contributed by atoms with Crippen molar-refractivity contribution in [1.29, 1.82) is 0 Å². The van der Waals surface area contributed by atoms with E-state index in [9.17, 15) is 0 Å². The van der Waals surface area contributed by atoms with Crippen LogP contribution in [0.3, 0.4) is 0 Å². The molecular weight excluding hydrogens is 260 g/mol. The van der Waals surface area contributed by atoms with Gasteiger partial charge < -0.3 is 5.73 Å². The zero-order valence-electron chi connectivity index (χ0n) is 10.9. The molecule has 0 aromatic carbocycles. The summed E-state index contributed by atoms with van der Waals surface area (Å²) < 4.78 is 0. The molecule has 0 saturated carbocycles. The van der Waals surface area contributed by atoms with Crippen LogP contribution in [0.25, 0.3) is 0 Å². The molecule has 0 spiro atoms. The summed E-state index contributed by atoms with van der Waals surface area (Å²) in [7, 11) is 0. The summed E-state index contributed by atoms with van der Waals surface area (Å²) in [6.45, 7) is 6.90. The van der Waals surface area contributed by atoms with Gasteiger partial charge in [-0.05, 0) is 50.6 Å². The summed E-state index contributed by atoms with van der Waals surface area (Å²) in [5.41, 5.74) is 8.21. The second-order valence-corrected chi connectivity index (χ2v) is 6.96. The summed E-state index contributed by atoms with van der Waals surface area (Å²) in [6.07, 6.45) is 0. The summed E-state index contributed by atoms with van der Waals surface area (Å²) in [5.74, 6) is 0. The maximum Gasteiger partial charge on any atom is 0.0972 e. The van der Waals surface area contributed by atoms with Gasteiger partial charge in [0.2, 0.25) is 0 Å². The zero-order chi connectivity index (χ0) is 13.1. The Morgan fingerprint density at radius 1 is 1.28 bits per heavy atom. The number of thioether (sulfide) groups is 1. The van der Waals surface area contributed by atoms with Crippen LogP contribution >= 0.6 is 23.1 Å². The molecule has 0 radical (unpaired) electrons. The fourth-order valence-corrected chi connectivity index (χ4v) is 4.05. The van der Waals surface area contributed by atoms with Gasteiger partial charge in [0.1, 0.15) is 0 Å². The van der Waals surface area contributed by atoms with Crippen molar-refractivity contribution in [3.63, 3.8) is 0 Å². The largest absolute Gasteiger partial charge is 0.329 e. The average molecular weight is 278 g/mol. The van der Waals surface area contributed by atoms with Crippen LogP contribution in [0, 0.1) is 20.8 Å². The van der Waals surface area contributed by atoms with Crippen LogP contribution in [0.15, 0.2) is 29.3 Å². The van der Waals surface area contributed by atoms with Crippen LogP contribution in [0.5, 0.6) is 0 Å². The van der Waals surface area contributed by atoms with Gasteiger partial charge in [-0.25, -0.2) is 4.98 Å². The summed E-state index contributed by atoms with van der Waals surface area (Å²) in [6, 6.07) is 8.54. The third kappa shape index (κ3) is 3.34. The quantitative estimate of drug-likeness (QED) is 0.863. The molecule has 4 heteroatoms. The Labute approximate surface area is 117 Å². The van der Waals surface area contributed by atoms with Crippen molar-refractivity contribution in [2.75, 3.05) is 6.54 Å². The number of rotatable bonds is 4. The van der Waals surface area contributed by atoms with Gasteiger partial charge in [-0.15, -0.1) is 11.3 Å². The molecule has 1 atom stereocenters. The van der Waals surface area contributed by atoms with E-state index < -0.39 is 0 Å². The lowest BCUT2D eigenvalue weighted by Crippen LogP contribution is -2.08. The fraction of sp³-hybridized carbons (Fsp3) is 0.357. The van der Waals surface area contributed by atoms with Crippen LogP contribution in [0.4, 0.5) is 0 Å². The minimum atomic E-state index is 0.303. The van der Waals surface area contributed by atoms with E-state index in [1.165, 1.54) is 15.3 Å². The van der Waals surface area contributed by atoms with Gasteiger partial charge in [-0.1, -0.05) is 11.8 Å². The van der Waals surface area contributed by atoms with Crippen molar-refractivity contribution in [2.24, 2.45) is 5.73 Å². The normalized spacial score (nSPS) is 12.7. The highest BCUT2D eigenvalue weighted by atomic mass is 32.2. The van der Waals surface area contributed by atoms with Crippen LogP contribution < -0.4 is 5.73 Å². The van der Waals surface area contributed by atoms with E-state index in [4.69, 9.17) is 5.73 Å². The van der Waals surface area contributed by atoms with E-state index in [0.29, 0.717) is 11.8 Å². The molecule has 0 saturated heterocycles. The van der Waals surface area contributed by atoms with Crippen LogP contribution in [-0.4, -0.2) is 11.5 Å². The lowest BCUT2D eigenvalue weighted by molar-refractivity contribution is 0.947. The molecule has 0 fully saturated rings. The number of hydrogen-bond acceptors (Lipinski definition) is 4. The smallest absolute Gasteiger partial charge is 0.0972 e. The monoisotopic (exact) mass is 278 g/mol. The Hall–Kier alpha value is -0.840. The van der Waals surface area contributed by atoms with Crippen molar-refractivity contribution in [2.45, 2.75) is 31.0 Å². The predicted octanol–water partition coefficient (Wildman–Crippen LogP) is 3.86. The Balaban J connectivity index is 2.20. The van der Waals surface area contributed by atoms with Gasteiger partial charge in [0.15, 0.2) is 0 Å². The molecule has 0 aliphatic heterocycles. The minimum Gasteiger partial charge on any atom is -0.329 e. The van der Waals surface area contributed by atoms with Crippen molar-refractivity contribution in [3.05, 3.63) is 45.3 Å². The molecule has 18 heavy (non-hydrogen) atoms. The fourth-order valence-electron chi connectivity index (χ4n) is 1.86. The number of hydrogen-bond donors (Lipinski definition) is 1. The van der Waals surface area contributed by atoms with Crippen LogP contribution in [-0.2, 0) is 0 Å². The maximum absolute atomic E-state index is 5.90. The number of nitrogens with two attached hydrogens (primary N) is 1. The van der Waals surface area contributed by atoms with Gasteiger partial charge >= 0.3 is 0 Å². The molecule has 0 amide bonds. The maximum atomic E-state index is 5.90. The highest BCUT2D eigenvalue weighted by Gasteiger charge is 2.14. The minimum absolute atomic E-state index is 0.303. The molecule has 2 nitrogen and oxygen atoms in total. The molecule has 96 valence electrons. The first-order valence-electron chi connectivity index (χ1n) is 5.97. The first-order valence-corrected chi connectivity index (χ1v) is 7.66. The number of thiophene rings is 1. The van der Waals surface area contributed by atoms with Gasteiger partial charge in [0.05, 0.1) is 10.3 Å². The second-order valence-electron chi connectivity index (χ2n) is 4.41. The molecule has 2 aromatic heterocycles. The van der Waals surface area contributed by atoms with Crippen molar-refractivity contribution < 1.29 is 0 Å². The predicted molar refractivity (Wildman–Crippen MR) is 80.4 cm³/mol. The average Bonchev–Trinajstić information content (AvgIpc) is 2.71. The Morgan fingerprint density at radius 2 is 2.06 bits per heavy atom. The molecule has 2 N–H and O–H groups in total. The second kappa shape index (κ2) is 5.87. The van der Waals surface area contributed by atoms with Crippen LogP contribution in [0.1, 0.15) is 26.3 Å². The van der Waals surface area contributed by atoms with E-state index in [2.05, 4.69) is 43.1 Å². The molecule has 2 rings (SSSR count). The van der Waals surface area contributed by atoms with Gasteiger partial charge in [-0.3, -0.25) is 0 Å². The summed E-state index contributed by atoms with van der Waals surface area (Å²) >= 11 is 3.58. The number of nitrogens with zero attached hydrogens (tertiary/aromatic N) is 1. The van der Waals surface area contributed by atoms with E-state index in [1.54, 1.807) is 11.8 Å². The van der Waals surface area contributed by atoms with Gasteiger partial charge in [0, 0.05) is 22.0 Å². The topological polar surface area (TPSA) is 38.9 Å². The number of aryl methyl sites for hydroxylation is 3.